The Morgan fingerprint density at radius 2 is 1.86 bits per heavy atom. The fraction of sp³-hybridized carbons (Fsp3) is 0.300. The van der Waals surface area contributed by atoms with E-state index in [0.717, 1.165) is 11.4 Å². The van der Waals surface area contributed by atoms with Crippen molar-refractivity contribution in [1.29, 1.82) is 0 Å². The van der Waals surface area contributed by atoms with Gasteiger partial charge in [0, 0.05) is 16.6 Å². The fourth-order valence-electron chi connectivity index (χ4n) is 4.14. The van der Waals surface area contributed by atoms with Gasteiger partial charge in [0.05, 0.1) is 6.04 Å². The Balaban J connectivity index is 1.82. The normalized spacial score (nSPS) is 25.5. The SMILES string of the molecule is Cc1cc(C)c2c(c1)NC(c1ccc(Cl)cc1)C1CC=CC21. The maximum absolute atomic E-state index is 6.05. The predicted molar refractivity (Wildman–Crippen MR) is 93.7 cm³/mol. The van der Waals surface area contributed by atoms with Crippen molar-refractivity contribution < 1.29 is 0 Å². The molecule has 1 nitrogen and oxygen atoms in total. The lowest BCUT2D eigenvalue weighted by Gasteiger charge is -2.38. The van der Waals surface area contributed by atoms with Gasteiger partial charge in [0.2, 0.25) is 0 Å². The Morgan fingerprint density at radius 1 is 1.09 bits per heavy atom. The first-order valence-corrected chi connectivity index (χ1v) is 8.31. The van der Waals surface area contributed by atoms with Gasteiger partial charge in [-0.25, -0.2) is 0 Å². The van der Waals surface area contributed by atoms with Crippen LogP contribution in [0.4, 0.5) is 5.69 Å². The number of rotatable bonds is 1. The number of fused-ring (bicyclic) bond motifs is 3. The molecule has 4 rings (SSSR count). The Hall–Kier alpha value is -1.73. The molecule has 2 aromatic carbocycles. The Labute approximate surface area is 137 Å². The third kappa shape index (κ3) is 2.16. The van der Waals surface area contributed by atoms with E-state index in [1.807, 2.05) is 12.1 Å². The van der Waals surface area contributed by atoms with Gasteiger partial charge in [-0.2, -0.15) is 0 Å². The van der Waals surface area contributed by atoms with Gasteiger partial charge in [-0.15, -0.1) is 0 Å². The summed E-state index contributed by atoms with van der Waals surface area (Å²) in [4.78, 5) is 0. The van der Waals surface area contributed by atoms with Gasteiger partial charge >= 0.3 is 0 Å². The lowest BCUT2D eigenvalue weighted by molar-refractivity contribution is 0.424. The van der Waals surface area contributed by atoms with E-state index in [9.17, 15) is 0 Å². The van der Waals surface area contributed by atoms with E-state index in [2.05, 4.69) is 55.6 Å². The number of hydrogen-bond donors (Lipinski definition) is 1. The van der Waals surface area contributed by atoms with Crippen LogP contribution in [0.25, 0.3) is 0 Å². The predicted octanol–water partition coefficient (Wildman–Crippen LogP) is 5.78. The molecule has 1 N–H and O–H groups in total. The van der Waals surface area contributed by atoms with Gasteiger partial charge in [-0.05, 0) is 66.6 Å². The lowest BCUT2D eigenvalue weighted by Crippen LogP contribution is -2.29. The summed E-state index contributed by atoms with van der Waals surface area (Å²) >= 11 is 6.05. The Morgan fingerprint density at radius 3 is 2.64 bits per heavy atom. The summed E-state index contributed by atoms with van der Waals surface area (Å²) in [5, 5.41) is 4.60. The first-order chi connectivity index (χ1) is 10.6. The van der Waals surface area contributed by atoms with Gasteiger partial charge in [0.1, 0.15) is 0 Å². The molecule has 0 fully saturated rings. The molecule has 3 atom stereocenters. The average molecular weight is 310 g/mol. The average Bonchev–Trinajstić information content (AvgIpc) is 2.95. The fourth-order valence-corrected chi connectivity index (χ4v) is 4.27. The molecule has 2 aliphatic rings. The molecule has 22 heavy (non-hydrogen) atoms. The van der Waals surface area contributed by atoms with Crippen LogP contribution in [0.1, 0.15) is 40.6 Å². The number of anilines is 1. The van der Waals surface area contributed by atoms with Crippen LogP contribution in [0.3, 0.4) is 0 Å². The minimum atomic E-state index is 0.353. The van der Waals surface area contributed by atoms with E-state index >= 15 is 0 Å². The first-order valence-electron chi connectivity index (χ1n) is 7.93. The molecule has 1 aliphatic carbocycles. The lowest BCUT2D eigenvalue weighted by atomic mass is 9.75. The molecule has 0 bridgehead atoms. The summed E-state index contributed by atoms with van der Waals surface area (Å²) < 4.78 is 0. The molecule has 2 heteroatoms. The smallest absolute Gasteiger partial charge is 0.0553 e. The van der Waals surface area contributed by atoms with Crippen molar-refractivity contribution in [2.45, 2.75) is 32.2 Å². The maximum atomic E-state index is 6.05. The van der Waals surface area contributed by atoms with Crippen molar-refractivity contribution in [3.8, 4) is 0 Å². The number of hydrogen-bond acceptors (Lipinski definition) is 1. The van der Waals surface area contributed by atoms with E-state index in [-0.39, 0.29) is 0 Å². The summed E-state index contributed by atoms with van der Waals surface area (Å²) in [5.41, 5.74) is 6.82. The monoisotopic (exact) mass is 309 g/mol. The molecule has 0 saturated heterocycles. The van der Waals surface area contributed by atoms with Crippen molar-refractivity contribution >= 4 is 17.3 Å². The highest BCUT2D eigenvalue weighted by Gasteiger charge is 2.38. The third-order valence-corrected chi connectivity index (χ3v) is 5.30. The molecule has 0 aromatic heterocycles. The minimum Gasteiger partial charge on any atom is -0.378 e. The molecule has 2 aromatic rings. The highest BCUT2D eigenvalue weighted by atomic mass is 35.5. The zero-order chi connectivity index (χ0) is 15.3. The van der Waals surface area contributed by atoms with Crippen LogP contribution < -0.4 is 5.32 Å². The highest BCUT2D eigenvalue weighted by molar-refractivity contribution is 6.30. The molecule has 1 aliphatic heterocycles. The quantitative estimate of drug-likeness (QED) is 0.658. The molecule has 0 saturated carbocycles. The van der Waals surface area contributed by atoms with E-state index in [1.165, 1.54) is 27.9 Å². The summed E-state index contributed by atoms with van der Waals surface area (Å²) in [7, 11) is 0. The van der Waals surface area contributed by atoms with Crippen molar-refractivity contribution in [1.82, 2.24) is 0 Å². The van der Waals surface area contributed by atoms with Crippen LogP contribution in [0.15, 0.2) is 48.6 Å². The molecule has 0 amide bonds. The Bertz CT molecular complexity index is 745. The van der Waals surface area contributed by atoms with E-state index in [1.54, 1.807) is 0 Å². The second-order valence-corrected chi connectivity index (χ2v) is 7.01. The van der Waals surface area contributed by atoms with Crippen LogP contribution >= 0.6 is 11.6 Å². The summed E-state index contributed by atoms with van der Waals surface area (Å²) in [6, 6.07) is 13.2. The molecular weight excluding hydrogens is 290 g/mol. The van der Waals surface area contributed by atoms with Gasteiger partial charge in [0.15, 0.2) is 0 Å². The van der Waals surface area contributed by atoms with E-state index in [4.69, 9.17) is 11.6 Å². The molecule has 0 radical (unpaired) electrons. The van der Waals surface area contributed by atoms with Crippen LogP contribution in [-0.2, 0) is 0 Å². The van der Waals surface area contributed by atoms with Gasteiger partial charge in [-0.3, -0.25) is 0 Å². The van der Waals surface area contributed by atoms with Gasteiger partial charge < -0.3 is 5.32 Å². The zero-order valence-electron chi connectivity index (χ0n) is 12.9. The molecule has 0 spiro atoms. The number of allylic oxidation sites excluding steroid dienone is 2. The second-order valence-electron chi connectivity index (χ2n) is 6.57. The molecular formula is C20H20ClN. The number of nitrogens with one attached hydrogen (secondary N) is 1. The van der Waals surface area contributed by atoms with Crippen LogP contribution in [-0.4, -0.2) is 0 Å². The summed E-state index contributed by atoms with van der Waals surface area (Å²) in [5.74, 6) is 1.12. The first kappa shape index (κ1) is 13.9. The van der Waals surface area contributed by atoms with Gasteiger partial charge in [0.25, 0.3) is 0 Å². The van der Waals surface area contributed by atoms with Crippen LogP contribution in [0, 0.1) is 19.8 Å². The zero-order valence-corrected chi connectivity index (χ0v) is 13.7. The second kappa shape index (κ2) is 5.17. The third-order valence-electron chi connectivity index (χ3n) is 5.05. The van der Waals surface area contributed by atoms with E-state index < -0.39 is 0 Å². The standard InChI is InChI=1S/C20H20ClN/c1-12-10-13(2)19-16-4-3-5-17(16)20(22-18(19)11-12)14-6-8-15(21)9-7-14/h3-4,6-11,16-17,20,22H,5H2,1-2H3. The van der Waals surface area contributed by atoms with Crippen LogP contribution in [0.2, 0.25) is 5.02 Å². The number of benzene rings is 2. The minimum absolute atomic E-state index is 0.353. The van der Waals surface area contributed by atoms with E-state index in [0.29, 0.717) is 17.9 Å². The number of aryl methyl sites for hydroxylation is 2. The van der Waals surface area contributed by atoms with Crippen molar-refractivity contribution in [3.63, 3.8) is 0 Å². The van der Waals surface area contributed by atoms with Gasteiger partial charge in [-0.1, -0.05) is 42.0 Å². The maximum Gasteiger partial charge on any atom is 0.0553 e. The summed E-state index contributed by atoms with van der Waals surface area (Å²) in [6.07, 6.45) is 5.88. The topological polar surface area (TPSA) is 12.0 Å². The Kier molecular flexibility index (Phi) is 3.27. The van der Waals surface area contributed by atoms with Crippen molar-refractivity contribution in [3.05, 3.63) is 75.8 Å². The summed E-state index contributed by atoms with van der Waals surface area (Å²) in [6.45, 7) is 4.40. The molecule has 112 valence electrons. The largest absolute Gasteiger partial charge is 0.378 e. The van der Waals surface area contributed by atoms with Crippen LogP contribution in [0.5, 0.6) is 0 Å². The van der Waals surface area contributed by atoms with Crippen molar-refractivity contribution in [2.24, 2.45) is 5.92 Å². The number of halogens is 1. The highest BCUT2D eigenvalue weighted by Crippen LogP contribution is 2.51. The van der Waals surface area contributed by atoms with Crippen molar-refractivity contribution in [2.75, 3.05) is 5.32 Å². The molecule has 3 unspecified atom stereocenters. The molecule has 1 heterocycles.